The second kappa shape index (κ2) is 7.73. The number of carbonyl (C=O) groups excluding carboxylic acids is 1. The first kappa shape index (κ1) is 16.9. The van der Waals surface area contributed by atoms with Crippen LogP contribution >= 0.6 is 0 Å². The van der Waals surface area contributed by atoms with Gasteiger partial charge < -0.3 is 15.1 Å². The van der Waals surface area contributed by atoms with Gasteiger partial charge in [0.1, 0.15) is 5.56 Å². The van der Waals surface area contributed by atoms with E-state index in [1.807, 2.05) is 11.8 Å². The number of aromatic amines is 1. The third-order valence-corrected chi connectivity index (χ3v) is 3.98. The molecule has 1 aliphatic rings. The number of hydrogen-bond acceptors (Lipinski definition) is 7. The molecule has 1 aliphatic heterocycles. The van der Waals surface area contributed by atoms with Gasteiger partial charge in [-0.2, -0.15) is 0 Å². The van der Waals surface area contributed by atoms with Gasteiger partial charge in [-0.25, -0.2) is 15.0 Å². The second-order valence-corrected chi connectivity index (χ2v) is 5.73. The van der Waals surface area contributed by atoms with Gasteiger partial charge in [0.05, 0.1) is 0 Å². The van der Waals surface area contributed by atoms with E-state index in [0.717, 1.165) is 19.5 Å². The lowest BCUT2D eigenvalue weighted by molar-refractivity contribution is 0.0951. The van der Waals surface area contributed by atoms with Crippen molar-refractivity contribution in [3.63, 3.8) is 0 Å². The molecule has 0 bridgehead atoms. The van der Waals surface area contributed by atoms with Crippen molar-refractivity contribution in [2.24, 2.45) is 0 Å². The molecule has 1 saturated heterocycles. The summed E-state index contributed by atoms with van der Waals surface area (Å²) >= 11 is 0. The predicted molar refractivity (Wildman–Crippen MR) is 93.9 cm³/mol. The van der Waals surface area contributed by atoms with Crippen molar-refractivity contribution >= 4 is 17.8 Å². The summed E-state index contributed by atoms with van der Waals surface area (Å²) in [5.74, 6) is 0.783. The van der Waals surface area contributed by atoms with E-state index in [4.69, 9.17) is 0 Å². The van der Waals surface area contributed by atoms with Crippen LogP contribution in [0.4, 0.5) is 11.9 Å². The zero-order chi connectivity index (χ0) is 17.6. The number of amides is 1. The summed E-state index contributed by atoms with van der Waals surface area (Å²) < 4.78 is 0. The van der Waals surface area contributed by atoms with Crippen molar-refractivity contribution in [1.82, 2.24) is 25.3 Å². The first-order chi connectivity index (χ1) is 12.2. The van der Waals surface area contributed by atoms with E-state index in [0.29, 0.717) is 31.5 Å². The highest BCUT2D eigenvalue weighted by atomic mass is 16.2. The molecule has 9 heteroatoms. The Hall–Kier alpha value is -2.97. The van der Waals surface area contributed by atoms with Crippen molar-refractivity contribution < 1.29 is 4.79 Å². The van der Waals surface area contributed by atoms with E-state index >= 15 is 0 Å². The number of nitrogens with one attached hydrogen (secondary N) is 2. The molecule has 1 amide bonds. The van der Waals surface area contributed by atoms with Gasteiger partial charge in [-0.05, 0) is 12.5 Å². The Morgan fingerprint density at radius 2 is 1.84 bits per heavy atom. The zero-order valence-corrected chi connectivity index (χ0v) is 14.1. The van der Waals surface area contributed by atoms with Crippen LogP contribution in [0.25, 0.3) is 0 Å². The van der Waals surface area contributed by atoms with Crippen LogP contribution in [0, 0.1) is 0 Å². The van der Waals surface area contributed by atoms with Gasteiger partial charge in [0.2, 0.25) is 11.9 Å². The number of H-pyrrole nitrogens is 1. The summed E-state index contributed by atoms with van der Waals surface area (Å²) in [5.41, 5.74) is -0.388. The van der Waals surface area contributed by atoms with Crippen molar-refractivity contribution in [3.8, 4) is 0 Å². The molecule has 9 nitrogen and oxygen atoms in total. The lowest BCUT2D eigenvalue weighted by atomic mass is 10.3. The Bertz CT molecular complexity index is 770. The molecule has 0 saturated carbocycles. The molecule has 2 aromatic rings. The normalized spacial score (nSPS) is 14.4. The summed E-state index contributed by atoms with van der Waals surface area (Å²) in [5, 5.41) is 2.68. The minimum absolute atomic E-state index is 0.0357. The van der Waals surface area contributed by atoms with E-state index in [1.54, 1.807) is 18.5 Å². The second-order valence-electron chi connectivity index (χ2n) is 5.73. The first-order valence-corrected chi connectivity index (χ1v) is 8.33. The van der Waals surface area contributed by atoms with Gasteiger partial charge in [-0.15, -0.1) is 0 Å². The van der Waals surface area contributed by atoms with Crippen LogP contribution in [-0.2, 0) is 0 Å². The van der Waals surface area contributed by atoms with Crippen molar-refractivity contribution in [2.45, 2.75) is 13.3 Å². The van der Waals surface area contributed by atoms with Gasteiger partial charge in [-0.1, -0.05) is 6.92 Å². The Kier molecular flexibility index (Phi) is 5.22. The van der Waals surface area contributed by atoms with Crippen LogP contribution in [-0.4, -0.2) is 58.6 Å². The standard InChI is InChI=1S/C16H21N7O2/c1-2-4-17-13(24)12-11-20-16(21-14(12)25)23-9-7-22(8-10-23)15-18-5-3-6-19-15/h3,5-6,11H,2,4,7-10H2,1H3,(H,17,24)(H,20,21,25). The van der Waals surface area contributed by atoms with E-state index < -0.39 is 11.5 Å². The van der Waals surface area contributed by atoms with E-state index in [2.05, 4.69) is 30.2 Å². The van der Waals surface area contributed by atoms with Gasteiger partial charge in [0, 0.05) is 51.3 Å². The molecule has 1 fully saturated rings. The number of hydrogen-bond donors (Lipinski definition) is 2. The molecular weight excluding hydrogens is 322 g/mol. The Morgan fingerprint density at radius 1 is 1.16 bits per heavy atom. The summed E-state index contributed by atoms with van der Waals surface area (Å²) in [7, 11) is 0. The van der Waals surface area contributed by atoms with Gasteiger partial charge >= 0.3 is 0 Å². The summed E-state index contributed by atoms with van der Waals surface area (Å²) in [6, 6.07) is 1.78. The summed E-state index contributed by atoms with van der Waals surface area (Å²) in [4.78, 5) is 43.6. The predicted octanol–water partition coefficient (Wildman–Crippen LogP) is 0.0263. The lowest BCUT2D eigenvalue weighted by Gasteiger charge is -2.34. The van der Waals surface area contributed by atoms with Crippen LogP contribution < -0.4 is 20.7 Å². The number of carbonyl (C=O) groups is 1. The summed E-state index contributed by atoms with van der Waals surface area (Å²) in [6.45, 7) is 5.31. The average molecular weight is 343 g/mol. The highest BCUT2D eigenvalue weighted by molar-refractivity contribution is 5.93. The van der Waals surface area contributed by atoms with Gasteiger partial charge in [0.15, 0.2) is 0 Å². The molecule has 132 valence electrons. The maximum absolute atomic E-state index is 12.2. The van der Waals surface area contributed by atoms with Crippen molar-refractivity contribution in [3.05, 3.63) is 40.6 Å². The average Bonchev–Trinajstić information content (AvgIpc) is 2.67. The topological polar surface area (TPSA) is 107 Å². The van der Waals surface area contributed by atoms with E-state index in [9.17, 15) is 9.59 Å². The molecule has 3 rings (SSSR count). The molecule has 0 aromatic carbocycles. The minimum Gasteiger partial charge on any atom is -0.352 e. The third-order valence-electron chi connectivity index (χ3n) is 3.98. The number of piperazine rings is 1. The SMILES string of the molecule is CCCNC(=O)c1cnc(N2CCN(c3ncccn3)CC2)[nH]c1=O. The molecule has 0 radical (unpaired) electrons. The fraction of sp³-hybridized carbons (Fsp3) is 0.438. The smallest absolute Gasteiger partial charge is 0.265 e. The fourth-order valence-corrected chi connectivity index (χ4v) is 2.61. The zero-order valence-electron chi connectivity index (χ0n) is 14.1. The molecule has 3 heterocycles. The maximum Gasteiger partial charge on any atom is 0.265 e. The quantitative estimate of drug-likeness (QED) is 0.788. The van der Waals surface area contributed by atoms with Crippen LogP contribution in [0.1, 0.15) is 23.7 Å². The first-order valence-electron chi connectivity index (χ1n) is 8.33. The molecule has 0 aliphatic carbocycles. The minimum atomic E-state index is -0.424. The highest BCUT2D eigenvalue weighted by Gasteiger charge is 2.21. The van der Waals surface area contributed by atoms with Crippen molar-refractivity contribution in [2.75, 3.05) is 42.5 Å². The molecule has 25 heavy (non-hydrogen) atoms. The van der Waals surface area contributed by atoms with Crippen molar-refractivity contribution in [1.29, 1.82) is 0 Å². The molecule has 0 unspecified atom stereocenters. The molecule has 0 atom stereocenters. The molecule has 0 spiro atoms. The molecule has 2 aromatic heterocycles. The number of rotatable bonds is 5. The van der Waals surface area contributed by atoms with Crippen LogP contribution in [0.5, 0.6) is 0 Å². The highest BCUT2D eigenvalue weighted by Crippen LogP contribution is 2.13. The van der Waals surface area contributed by atoms with Gasteiger partial charge in [-0.3, -0.25) is 14.6 Å². The van der Waals surface area contributed by atoms with E-state index in [1.165, 1.54) is 6.20 Å². The molecular formula is C16H21N7O2. The van der Waals surface area contributed by atoms with Crippen LogP contribution in [0.15, 0.2) is 29.5 Å². The third kappa shape index (κ3) is 3.93. The lowest BCUT2D eigenvalue weighted by Crippen LogP contribution is -2.48. The molecule has 2 N–H and O–H groups in total. The fourth-order valence-electron chi connectivity index (χ4n) is 2.61. The Balaban J connectivity index is 1.65. The Morgan fingerprint density at radius 3 is 2.48 bits per heavy atom. The van der Waals surface area contributed by atoms with Gasteiger partial charge in [0.25, 0.3) is 11.5 Å². The monoisotopic (exact) mass is 343 g/mol. The largest absolute Gasteiger partial charge is 0.352 e. The maximum atomic E-state index is 12.2. The number of nitrogens with zero attached hydrogens (tertiary/aromatic N) is 5. The van der Waals surface area contributed by atoms with Crippen LogP contribution in [0.3, 0.4) is 0 Å². The number of anilines is 2. The Labute approximate surface area is 145 Å². The number of aromatic nitrogens is 4. The van der Waals surface area contributed by atoms with Crippen LogP contribution in [0.2, 0.25) is 0 Å². The van der Waals surface area contributed by atoms with E-state index in [-0.39, 0.29) is 5.56 Å². The summed E-state index contributed by atoms with van der Waals surface area (Å²) in [6.07, 6.45) is 5.59.